The Labute approximate surface area is 94.2 Å². The summed E-state index contributed by atoms with van der Waals surface area (Å²) in [7, 11) is 2.04. The molecule has 15 heavy (non-hydrogen) atoms. The molecule has 3 heteroatoms. The van der Waals surface area contributed by atoms with Gasteiger partial charge in [-0.2, -0.15) is 0 Å². The summed E-state index contributed by atoms with van der Waals surface area (Å²) in [6.07, 6.45) is 3.77. The minimum atomic E-state index is 0.645. The molecule has 1 aliphatic heterocycles. The molecule has 2 unspecified atom stereocenters. The average molecular weight is 214 g/mol. The Morgan fingerprint density at radius 1 is 1.53 bits per heavy atom. The van der Waals surface area contributed by atoms with E-state index < -0.39 is 0 Å². The first-order valence-corrected chi connectivity index (χ1v) is 6.27. The summed E-state index contributed by atoms with van der Waals surface area (Å²) in [5.41, 5.74) is 0. The fourth-order valence-corrected chi connectivity index (χ4v) is 2.10. The molecule has 0 amide bonds. The second kappa shape index (κ2) is 7.20. The van der Waals surface area contributed by atoms with Crippen LogP contribution in [0.4, 0.5) is 0 Å². The van der Waals surface area contributed by atoms with Gasteiger partial charge in [-0.3, -0.25) is 4.90 Å². The van der Waals surface area contributed by atoms with Gasteiger partial charge in [0.2, 0.25) is 0 Å². The van der Waals surface area contributed by atoms with Crippen molar-refractivity contribution < 1.29 is 4.74 Å². The Morgan fingerprint density at radius 3 is 3.00 bits per heavy atom. The molecule has 1 fully saturated rings. The molecule has 0 spiro atoms. The maximum absolute atomic E-state index is 5.50. The van der Waals surface area contributed by atoms with E-state index in [0.29, 0.717) is 12.1 Å². The Morgan fingerprint density at radius 2 is 2.33 bits per heavy atom. The van der Waals surface area contributed by atoms with Gasteiger partial charge in [-0.05, 0) is 39.8 Å². The smallest absolute Gasteiger partial charge is 0.0622 e. The van der Waals surface area contributed by atoms with Crippen LogP contribution in [0.2, 0.25) is 0 Å². The van der Waals surface area contributed by atoms with E-state index in [4.69, 9.17) is 4.74 Å². The van der Waals surface area contributed by atoms with Gasteiger partial charge < -0.3 is 10.1 Å². The van der Waals surface area contributed by atoms with E-state index in [9.17, 15) is 0 Å². The van der Waals surface area contributed by atoms with Gasteiger partial charge in [-0.25, -0.2) is 0 Å². The largest absolute Gasteiger partial charge is 0.378 e. The minimum absolute atomic E-state index is 0.645. The molecule has 0 radical (unpaired) electrons. The molecule has 0 bridgehead atoms. The van der Waals surface area contributed by atoms with Crippen molar-refractivity contribution in [1.82, 2.24) is 10.2 Å². The van der Waals surface area contributed by atoms with E-state index in [2.05, 4.69) is 24.1 Å². The number of nitrogens with zero attached hydrogens (tertiary/aromatic N) is 1. The number of nitrogens with one attached hydrogen (secondary N) is 1. The van der Waals surface area contributed by atoms with Gasteiger partial charge in [0.25, 0.3) is 0 Å². The zero-order valence-corrected chi connectivity index (χ0v) is 10.5. The molecule has 1 N–H and O–H groups in total. The van der Waals surface area contributed by atoms with Crippen molar-refractivity contribution in [3.8, 4) is 0 Å². The Hall–Kier alpha value is -0.120. The molecule has 1 heterocycles. The molecule has 2 atom stereocenters. The van der Waals surface area contributed by atoms with Crippen LogP contribution in [0.15, 0.2) is 0 Å². The summed E-state index contributed by atoms with van der Waals surface area (Å²) in [5.74, 6) is 0. The molecule has 1 rings (SSSR count). The number of hydrogen-bond acceptors (Lipinski definition) is 3. The van der Waals surface area contributed by atoms with Crippen molar-refractivity contribution >= 4 is 0 Å². The van der Waals surface area contributed by atoms with Crippen LogP contribution in [-0.2, 0) is 4.74 Å². The summed E-state index contributed by atoms with van der Waals surface area (Å²) in [5, 5.41) is 3.28. The van der Waals surface area contributed by atoms with Crippen molar-refractivity contribution in [3.05, 3.63) is 0 Å². The molecule has 3 nitrogen and oxygen atoms in total. The molecule has 0 aromatic carbocycles. The predicted molar refractivity (Wildman–Crippen MR) is 64.2 cm³/mol. The van der Waals surface area contributed by atoms with Crippen molar-refractivity contribution in [2.45, 2.75) is 45.2 Å². The minimum Gasteiger partial charge on any atom is -0.378 e. The van der Waals surface area contributed by atoms with E-state index in [1.165, 1.54) is 25.8 Å². The molecule has 90 valence electrons. The third-order valence-electron chi connectivity index (χ3n) is 3.40. The predicted octanol–water partition coefficient (Wildman–Crippen LogP) is 1.49. The van der Waals surface area contributed by atoms with Gasteiger partial charge in [0.15, 0.2) is 0 Å². The summed E-state index contributed by atoms with van der Waals surface area (Å²) in [6.45, 7) is 8.69. The normalized spacial score (nSPS) is 25.4. The van der Waals surface area contributed by atoms with Crippen molar-refractivity contribution in [3.63, 3.8) is 0 Å². The number of rotatable bonds is 6. The zero-order valence-electron chi connectivity index (χ0n) is 10.5. The van der Waals surface area contributed by atoms with Gasteiger partial charge >= 0.3 is 0 Å². The van der Waals surface area contributed by atoms with Gasteiger partial charge in [-0.15, -0.1) is 0 Å². The lowest BCUT2D eigenvalue weighted by molar-refractivity contribution is -0.00931. The highest BCUT2D eigenvalue weighted by atomic mass is 16.5. The fourth-order valence-electron chi connectivity index (χ4n) is 2.10. The van der Waals surface area contributed by atoms with Crippen LogP contribution < -0.4 is 5.32 Å². The highest BCUT2D eigenvalue weighted by molar-refractivity contribution is 4.74. The van der Waals surface area contributed by atoms with E-state index in [1.54, 1.807) is 0 Å². The molecule has 1 saturated heterocycles. The first-order valence-electron chi connectivity index (χ1n) is 6.27. The SMILES string of the molecule is CCC1COCCN1CCCC(C)NC. The van der Waals surface area contributed by atoms with Crippen LogP contribution in [0.25, 0.3) is 0 Å². The van der Waals surface area contributed by atoms with E-state index in [1.807, 2.05) is 7.05 Å². The lowest BCUT2D eigenvalue weighted by atomic mass is 10.1. The first-order chi connectivity index (χ1) is 7.27. The van der Waals surface area contributed by atoms with Gasteiger partial charge in [0, 0.05) is 18.6 Å². The molecule has 0 aliphatic carbocycles. The van der Waals surface area contributed by atoms with Crippen LogP contribution >= 0.6 is 0 Å². The van der Waals surface area contributed by atoms with Crippen LogP contribution in [0, 0.1) is 0 Å². The van der Waals surface area contributed by atoms with Crippen LogP contribution in [0.1, 0.15) is 33.1 Å². The van der Waals surface area contributed by atoms with Crippen LogP contribution in [0.3, 0.4) is 0 Å². The topological polar surface area (TPSA) is 24.5 Å². The quantitative estimate of drug-likeness (QED) is 0.725. The zero-order chi connectivity index (χ0) is 11.1. The van der Waals surface area contributed by atoms with Crippen molar-refractivity contribution in [2.24, 2.45) is 0 Å². The number of morpholine rings is 1. The van der Waals surface area contributed by atoms with E-state index in [-0.39, 0.29) is 0 Å². The number of ether oxygens (including phenoxy) is 1. The highest BCUT2D eigenvalue weighted by Crippen LogP contribution is 2.11. The van der Waals surface area contributed by atoms with Gasteiger partial charge in [-0.1, -0.05) is 6.92 Å². The molecule has 0 saturated carbocycles. The third-order valence-corrected chi connectivity index (χ3v) is 3.40. The van der Waals surface area contributed by atoms with E-state index >= 15 is 0 Å². The maximum Gasteiger partial charge on any atom is 0.0622 e. The molecular weight excluding hydrogens is 188 g/mol. The Bertz CT molecular complexity index is 164. The average Bonchev–Trinajstić information content (AvgIpc) is 2.29. The van der Waals surface area contributed by atoms with Gasteiger partial charge in [0.05, 0.1) is 13.2 Å². The first kappa shape index (κ1) is 12.9. The second-order valence-corrected chi connectivity index (χ2v) is 4.50. The maximum atomic E-state index is 5.50. The fraction of sp³-hybridized carbons (Fsp3) is 1.00. The summed E-state index contributed by atoms with van der Waals surface area (Å²) in [6, 6.07) is 1.30. The van der Waals surface area contributed by atoms with Crippen molar-refractivity contribution in [2.75, 3.05) is 33.4 Å². The molecule has 1 aliphatic rings. The van der Waals surface area contributed by atoms with Crippen LogP contribution in [-0.4, -0.2) is 50.3 Å². The summed E-state index contributed by atoms with van der Waals surface area (Å²) in [4.78, 5) is 2.59. The van der Waals surface area contributed by atoms with E-state index in [0.717, 1.165) is 19.8 Å². The van der Waals surface area contributed by atoms with Crippen LogP contribution in [0.5, 0.6) is 0 Å². The lowest BCUT2D eigenvalue weighted by Gasteiger charge is -2.35. The molecule has 0 aromatic heterocycles. The summed E-state index contributed by atoms with van der Waals surface area (Å²) >= 11 is 0. The molecular formula is C12H26N2O. The number of hydrogen-bond donors (Lipinski definition) is 1. The standard InChI is InChI=1S/C12H26N2O/c1-4-12-10-15-9-8-14(12)7-5-6-11(2)13-3/h11-13H,4-10H2,1-3H3. The Balaban J connectivity index is 2.17. The second-order valence-electron chi connectivity index (χ2n) is 4.50. The third kappa shape index (κ3) is 4.49. The monoisotopic (exact) mass is 214 g/mol. The highest BCUT2D eigenvalue weighted by Gasteiger charge is 2.20. The van der Waals surface area contributed by atoms with Gasteiger partial charge in [0.1, 0.15) is 0 Å². The van der Waals surface area contributed by atoms with Crippen molar-refractivity contribution in [1.29, 1.82) is 0 Å². The summed E-state index contributed by atoms with van der Waals surface area (Å²) < 4.78 is 5.50. The Kier molecular flexibility index (Phi) is 6.22. The molecule has 0 aromatic rings. The lowest BCUT2D eigenvalue weighted by Crippen LogP contribution is -2.45.